The monoisotopic (exact) mass is 449 g/mol. The number of ether oxygens (including phenoxy) is 4. The Morgan fingerprint density at radius 3 is 2.73 bits per heavy atom. The number of nitrogens with one attached hydrogen (secondary N) is 1. The molecule has 0 fully saturated rings. The van der Waals surface area contributed by atoms with Crippen molar-refractivity contribution < 1.29 is 33.0 Å². The molecule has 33 heavy (non-hydrogen) atoms. The first-order valence-electron chi connectivity index (χ1n) is 10.3. The van der Waals surface area contributed by atoms with Crippen LogP contribution in [0.2, 0.25) is 0 Å². The highest BCUT2D eigenvalue weighted by molar-refractivity contribution is 6.14. The summed E-state index contributed by atoms with van der Waals surface area (Å²) in [5.41, 5.74) is 1.06. The van der Waals surface area contributed by atoms with Gasteiger partial charge >= 0.3 is 0 Å². The van der Waals surface area contributed by atoms with Crippen LogP contribution in [0.15, 0.2) is 65.0 Å². The summed E-state index contributed by atoms with van der Waals surface area (Å²) in [6.07, 6.45) is 3.80. The molecule has 1 aromatic heterocycles. The lowest BCUT2D eigenvalue weighted by Crippen LogP contribution is -2.30. The predicted molar refractivity (Wildman–Crippen MR) is 120 cm³/mol. The molecule has 0 aliphatic carbocycles. The van der Waals surface area contributed by atoms with Crippen molar-refractivity contribution >= 4 is 17.8 Å². The Bertz CT molecular complexity index is 1180. The zero-order valence-corrected chi connectivity index (χ0v) is 18.3. The number of para-hydroxylation sites is 1. The maximum absolute atomic E-state index is 12.8. The number of Topliss-reactive ketones (excluding diaryl/α,β-unsaturated/α-hetero) is 1. The number of rotatable bonds is 9. The Kier molecular flexibility index (Phi) is 6.64. The van der Waals surface area contributed by atoms with Crippen LogP contribution < -0.4 is 24.3 Å². The van der Waals surface area contributed by atoms with E-state index in [1.54, 1.807) is 61.9 Å². The van der Waals surface area contributed by atoms with Crippen LogP contribution in [0.1, 0.15) is 21.7 Å². The van der Waals surface area contributed by atoms with E-state index in [2.05, 4.69) is 5.32 Å². The Labute approximate surface area is 190 Å². The van der Waals surface area contributed by atoms with Crippen LogP contribution >= 0.6 is 0 Å². The van der Waals surface area contributed by atoms with Gasteiger partial charge < -0.3 is 28.7 Å². The summed E-state index contributed by atoms with van der Waals surface area (Å²) in [6.45, 7) is 0.286. The first-order chi connectivity index (χ1) is 16.1. The van der Waals surface area contributed by atoms with Crippen molar-refractivity contribution in [3.63, 3.8) is 0 Å². The molecule has 2 heterocycles. The Hall–Kier alpha value is -4.20. The molecule has 3 aromatic rings. The molecule has 170 valence electrons. The minimum atomic E-state index is -0.259. The molecular formula is C25H23NO7. The maximum Gasteiger partial charge on any atom is 0.257 e. The molecule has 8 heteroatoms. The summed E-state index contributed by atoms with van der Waals surface area (Å²) < 4.78 is 27.3. The van der Waals surface area contributed by atoms with E-state index in [4.69, 9.17) is 23.4 Å². The number of carbonyl (C=O) groups excluding carboxylic acids is 2. The van der Waals surface area contributed by atoms with Gasteiger partial charge in [-0.25, -0.2) is 0 Å². The fourth-order valence-corrected chi connectivity index (χ4v) is 3.40. The van der Waals surface area contributed by atoms with E-state index in [0.29, 0.717) is 47.1 Å². The van der Waals surface area contributed by atoms with Gasteiger partial charge in [0.15, 0.2) is 23.9 Å². The normalized spacial score (nSPS) is 13.4. The molecule has 1 amide bonds. The zero-order valence-electron chi connectivity index (χ0n) is 18.3. The summed E-state index contributed by atoms with van der Waals surface area (Å²) >= 11 is 0. The van der Waals surface area contributed by atoms with Gasteiger partial charge in [0.1, 0.15) is 17.3 Å². The largest absolute Gasteiger partial charge is 0.493 e. The van der Waals surface area contributed by atoms with Crippen molar-refractivity contribution in [1.82, 2.24) is 5.32 Å². The topological polar surface area (TPSA) is 96.2 Å². The molecule has 1 aliphatic heterocycles. The van der Waals surface area contributed by atoms with Gasteiger partial charge in [-0.3, -0.25) is 9.59 Å². The number of hydrogen-bond acceptors (Lipinski definition) is 7. The Balaban J connectivity index is 1.39. The van der Waals surface area contributed by atoms with Crippen molar-refractivity contribution in [2.24, 2.45) is 0 Å². The lowest BCUT2D eigenvalue weighted by atomic mass is 10.1. The number of carbonyl (C=O) groups is 2. The van der Waals surface area contributed by atoms with Gasteiger partial charge in [-0.2, -0.15) is 0 Å². The van der Waals surface area contributed by atoms with E-state index in [9.17, 15) is 9.59 Å². The van der Waals surface area contributed by atoms with Gasteiger partial charge in [-0.1, -0.05) is 12.1 Å². The number of ketones is 1. The number of hydrogen-bond donors (Lipinski definition) is 1. The van der Waals surface area contributed by atoms with E-state index in [0.717, 1.165) is 5.76 Å². The molecule has 0 saturated carbocycles. The molecule has 4 rings (SSSR count). The quantitative estimate of drug-likeness (QED) is 0.498. The maximum atomic E-state index is 12.8. The molecule has 0 radical (unpaired) electrons. The fourth-order valence-electron chi connectivity index (χ4n) is 3.40. The van der Waals surface area contributed by atoms with E-state index in [1.807, 2.05) is 6.07 Å². The number of allylic oxidation sites excluding steroid dienone is 1. The van der Waals surface area contributed by atoms with Gasteiger partial charge in [-0.15, -0.1) is 0 Å². The number of furan rings is 1. The standard InChI is InChI=1S/C25H23NO7/c1-29-20-7-3-5-16(25(20)30-2)13-22-24(28)19-9-8-18(14-21(19)33-22)32-15-23(27)26-11-10-17-6-4-12-31-17/h3-9,12-14H,10-11,15H2,1-2H3,(H,26,27)/b22-13-. The summed E-state index contributed by atoms with van der Waals surface area (Å²) in [7, 11) is 3.07. The van der Waals surface area contributed by atoms with E-state index in [-0.39, 0.29) is 24.1 Å². The third-order valence-corrected chi connectivity index (χ3v) is 5.01. The minimum Gasteiger partial charge on any atom is -0.493 e. The van der Waals surface area contributed by atoms with Gasteiger partial charge in [0, 0.05) is 24.6 Å². The highest BCUT2D eigenvalue weighted by Crippen LogP contribution is 2.37. The number of amides is 1. The molecular weight excluding hydrogens is 426 g/mol. The lowest BCUT2D eigenvalue weighted by Gasteiger charge is -2.10. The molecule has 0 saturated heterocycles. The second kappa shape index (κ2) is 9.95. The summed E-state index contributed by atoms with van der Waals surface area (Å²) in [4.78, 5) is 24.8. The van der Waals surface area contributed by atoms with Gasteiger partial charge in [0.05, 0.1) is 26.0 Å². The third-order valence-electron chi connectivity index (χ3n) is 5.01. The molecule has 2 aromatic carbocycles. The van der Waals surface area contributed by atoms with Gasteiger partial charge in [0.25, 0.3) is 5.91 Å². The first kappa shape index (κ1) is 22.0. The van der Waals surface area contributed by atoms with E-state index in [1.165, 1.54) is 7.11 Å². The molecule has 8 nitrogen and oxygen atoms in total. The van der Waals surface area contributed by atoms with Crippen LogP contribution in [-0.2, 0) is 11.2 Å². The number of methoxy groups -OCH3 is 2. The smallest absolute Gasteiger partial charge is 0.257 e. The average molecular weight is 449 g/mol. The SMILES string of the molecule is COc1cccc(/C=C2\Oc3cc(OCC(=O)NCCc4ccco4)ccc3C2=O)c1OC. The summed E-state index contributed by atoms with van der Waals surface area (Å²) in [5, 5.41) is 2.76. The summed E-state index contributed by atoms with van der Waals surface area (Å²) in [6, 6.07) is 13.8. The van der Waals surface area contributed by atoms with Crippen molar-refractivity contribution in [1.29, 1.82) is 0 Å². The van der Waals surface area contributed by atoms with Crippen molar-refractivity contribution in [2.45, 2.75) is 6.42 Å². The van der Waals surface area contributed by atoms with Crippen LogP contribution in [0, 0.1) is 0 Å². The second-order valence-corrected chi connectivity index (χ2v) is 7.15. The Morgan fingerprint density at radius 1 is 1.09 bits per heavy atom. The van der Waals surface area contributed by atoms with Crippen molar-refractivity contribution in [2.75, 3.05) is 27.4 Å². The molecule has 0 unspecified atom stereocenters. The third kappa shape index (κ3) is 5.01. The van der Waals surface area contributed by atoms with Crippen LogP contribution in [0.4, 0.5) is 0 Å². The average Bonchev–Trinajstić information content (AvgIpc) is 3.45. The highest BCUT2D eigenvalue weighted by Gasteiger charge is 2.28. The minimum absolute atomic E-state index is 0.157. The molecule has 0 spiro atoms. The van der Waals surface area contributed by atoms with Gasteiger partial charge in [-0.05, 0) is 36.4 Å². The van der Waals surface area contributed by atoms with Crippen molar-refractivity contribution in [3.8, 4) is 23.0 Å². The molecule has 0 bridgehead atoms. The second-order valence-electron chi connectivity index (χ2n) is 7.15. The summed E-state index contributed by atoms with van der Waals surface area (Å²) in [5.74, 6) is 2.28. The molecule has 0 atom stereocenters. The van der Waals surface area contributed by atoms with Crippen LogP contribution in [0.5, 0.6) is 23.0 Å². The van der Waals surface area contributed by atoms with Gasteiger partial charge in [0.2, 0.25) is 5.78 Å². The van der Waals surface area contributed by atoms with Crippen molar-refractivity contribution in [3.05, 3.63) is 77.4 Å². The van der Waals surface area contributed by atoms with Crippen LogP contribution in [-0.4, -0.2) is 39.1 Å². The highest BCUT2D eigenvalue weighted by atomic mass is 16.5. The number of fused-ring (bicyclic) bond motifs is 1. The predicted octanol–water partition coefficient (Wildman–Crippen LogP) is 3.65. The lowest BCUT2D eigenvalue weighted by molar-refractivity contribution is -0.123. The first-order valence-corrected chi connectivity index (χ1v) is 10.3. The van der Waals surface area contributed by atoms with E-state index < -0.39 is 0 Å². The van der Waals surface area contributed by atoms with Crippen LogP contribution in [0.3, 0.4) is 0 Å². The van der Waals surface area contributed by atoms with Crippen LogP contribution in [0.25, 0.3) is 6.08 Å². The fraction of sp³-hybridized carbons (Fsp3) is 0.200. The van der Waals surface area contributed by atoms with E-state index >= 15 is 0 Å². The molecule has 1 N–H and O–H groups in total. The Morgan fingerprint density at radius 2 is 1.97 bits per heavy atom. The number of benzene rings is 2. The zero-order chi connectivity index (χ0) is 23.2. The molecule has 1 aliphatic rings.